The number of thioether (sulfide) groups is 1. The van der Waals surface area contributed by atoms with Gasteiger partial charge in [-0.3, -0.25) is 0 Å². The van der Waals surface area contributed by atoms with Gasteiger partial charge in [-0.05, 0) is 42.4 Å². The minimum absolute atomic E-state index is 0.882. The average Bonchev–Trinajstić information content (AvgIpc) is 2.03. The highest BCUT2D eigenvalue weighted by Gasteiger charge is 1.96. The SMILES string of the molecule is CCCSCc1cc(C)cc(N)c1. The molecule has 0 saturated carbocycles. The van der Waals surface area contributed by atoms with Crippen LogP contribution < -0.4 is 5.73 Å². The number of anilines is 1. The molecule has 0 saturated heterocycles. The Morgan fingerprint density at radius 2 is 2.08 bits per heavy atom. The first-order valence-corrected chi connectivity index (χ1v) is 5.81. The standard InChI is InChI=1S/C11H17NS/c1-3-4-13-8-10-5-9(2)6-11(12)7-10/h5-7H,3-4,8,12H2,1-2H3. The van der Waals surface area contributed by atoms with Crippen LogP contribution in [0.4, 0.5) is 5.69 Å². The Labute approximate surface area is 84.7 Å². The normalized spacial score (nSPS) is 10.3. The van der Waals surface area contributed by atoms with Gasteiger partial charge < -0.3 is 5.73 Å². The zero-order chi connectivity index (χ0) is 9.68. The molecule has 0 aliphatic rings. The van der Waals surface area contributed by atoms with Gasteiger partial charge in [-0.15, -0.1) is 0 Å². The van der Waals surface area contributed by atoms with Gasteiger partial charge in [-0.2, -0.15) is 11.8 Å². The molecule has 13 heavy (non-hydrogen) atoms. The van der Waals surface area contributed by atoms with Gasteiger partial charge in [0, 0.05) is 11.4 Å². The van der Waals surface area contributed by atoms with Gasteiger partial charge in [-0.25, -0.2) is 0 Å². The second kappa shape index (κ2) is 5.18. The average molecular weight is 195 g/mol. The third-order valence-corrected chi connectivity index (χ3v) is 3.01. The summed E-state index contributed by atoms with van der Waals surface area (Å²) in [4.78, 5) is 0. The fourth-order valence-electron chi connectivity index (χ4n) is 1.31. The summed E-state index contributed by atoms with van der Waals surface area (Å²) < 4.78 is 0. The molecule has 0 aromatic heterocycles. The van der Waals surface area contributed by atoms with Crippen LogP contribution in [0.1, 0.15) is 24.5 Å². The number of rotatable bonds is 4. The van der Waals surface area contributed by atoms with Crippen molar-refractivity contribution in [3.8, 4) is 0 Å². The van der Waals surface area contributed by atoms with Gasteiger partial charge in [0.2, 0.25) is 0 Å². The second-order valence-electron chi connectivity index (χ2n) is 3.30. The van der Waals surface area contributed by atoms with Gasteiger partial charge in [0.1, 0.15) is 0 Å². The zero-order valence-electron chi connectivity index (χ0n) is 8.34. The number of nitrogen functional groups attached to an aromatic ring is 1. The van der Waals surface area contributed by atoms with Crippen molar-refractivity contribution >= 4 is 17.4 Å². The molecule has 1 aromatic carbocycles. The zero-order valence-corrected chi connectivity index (χ0v) is 9.16. The molecule has 0 spiro atoms. The first-order chi connectivity index (χ1) is 6.22. The molecular formula is C11H17NS. The molecule has 0 radical (unpaired) electrons. The van der Waals surface area contributed by atoms with Gasteiger partial charge in [-0.1, -0.05) is 13.0 Å². The molecule has 1 aromatic rings. The Morgan fingerprint density at radius 3 is 2.69 bits per heavy atom. The molecule has 2 N–H and O–H groups in total. The van der Waals surface area contributed by atoms with Crippen LogP contribution in [0.5, 0.6) is 0 Å². The van der Waals surface area contributed by atoms with Crippen molar-refractivity contribution < 1.29 is 0 Å². The molecule has 72 valence electrons. The van der Waals surface area contributed by atoms with Crippen LogP contribution in [-0.4, -0.2) is 5.75 Å². The predicted octanol–water partition coefficient (Wildman–Crippen LogP) is 3.22. The summed E-state index contributed by atoms with van der Waals surface area (Å²) >= 11 is 1.97. The molecule has 0 fully saturated rings. The van der Waals surface area contributed by atoms with Crippen molar-refractivity contribution in [2.45, 2.75) is 26.0 Å². The maximum absolute atomic E-state index is 5.75. The Hall–Kier alpha value is -0.630. The minimum atomic E-state index is 0.882. The van der Waals surface area contributed by atoms with E-state index in [9.17, 15) is 0 Å². The van der Waals surface area contributed by atoms with Crippen molar-refractivity contribution in [1.82, 2.24) is 0 Å². The lowest BCUT2D eigenvalue weighted by Gasteiger charge is -2.03. The first-order valence-electron chi connectivity index (χ1n) is 4.66. The maximum atomic E-state index is 5.75. The Bertz CT molecular complexity index is 251. The molecule has 0 amide bonds. The maximum Gasteiger partial charge on any atom is 0.0319 e. The van der Waals surface area contributed by atoms with E-state index >= 15 is 0 Å². The smallest absolute Gasteiger partial charge is 0.0319 e. The molecule has 0 aliphatic carbocycles. The van der Waals surface area contributed by atoms with Crippen molar-refractivity contribution in [2.24, 2.45) is 0 Å². The highest BCUT2D eigenvalue weighted by atomic mass is 32.2. The number of aryl methyl sites for hydroxylation is 1. The molecule has 0 aliphatic heterocycles. The largest absolute Gasteiger partial charge is 0.399 e. The van der Waals surface area contributed by atoms with Crippen LogP contribution in [0.3, 0.4) is 0 Å². The second-order valence-corrected chi connectivity index (χ2v) is 4.41. The molecule has 0 bridgehead atoms. The highest BCUT2D eigenvalue weighted by molar-refractivity contribution is 7.98. The Balaban J connectivity index is 2.56. The fraction of sp³-hybridized carbons (Fsp3) is 0.455. The summed E-state index contributed by atoms with van der Waals surface area (Å²) in [6.45, 7) is 4.29. The highest BCUT2D eigenvalue weighted by Crippen LogP contribution is 2.17. The predicted molar refractivity (Wildman–Crippen MR) is 62.0 cm³/mol. The summed E-state index contributed by atoms with van der Waals surface area (Å²) in [5, 5.41) is 0. The molecule has 2 heteroatoms. The summed E-state index contributed by atoms with van der Waals surface area (Å²) in [5.41, 5.74) is 9.24. The van der Waals surface area contributed by atoms with Crippen LogP contribution in [0, 0.1) is 6.92 Å². The van der Waals surface area contributed by atoms with Gasteiger partial charge >= 0.3 is 0 Å². The molecular weight excluding hydrogens is 178 g/mol. The van der Waals surface area contributed by atoms with Crippen LogP contribution in [0.15, 0.2) is 18.2 Å². The number of hydrogen-bond donors (Lipinski definition) is 1. The van der Waals surface area contributed by atoms with Crippen molar-refractivity contribution in [3.05, 3.63) is 29.3 Å². The van der Waals surface area contributed by atoms with Gasteiger partial charge in [0.05, 0.1) is 0 Å². The summed E-state index contributed by atoms with van der Waals surface area (Å²) in [5.74, 6) is 2.31. The lowest BCUT2D eigenvalue weighted by Crippen LogP contribution is -1.90. The molecule has 1 rings (SSSR count). The minimum Gasteiger partial charge on any atom is -0.399 e. The van der Waals surface area contributed by atoms with Gasteiger partial charge in [0.25, 0.3) is 0 Å². The van der Waals surface area contributed by atoms with Crippen LogP contribution in [0.25, 0.3) is 0 Å². The van der Waals surface area contributed by atoms with Crippen LogP contribution in [0.2, 0.25) is 0 Å². The number of hydrogen-bond acceptors (Lipinski definition) is 2. The van der Waals surface area contributed by atoms with E-state index in [-0.39, 0.29) is 0 Å². The van der Waals surface area contributed by atoms with E-state index in [0.29, 0.717) is 0 Å². The van der Waals surface area contributed by atoms with Crippen molar-refractivity contribution in [1.29, 1.82) is 0 Å². The first kappa shape index (κ1) is 10.5. The lowest BCUT2D eigenvalue weighted by molar-refractivity contribution is 1.10. The van der Waals surface area contributed by atoms with E-state index in [2.05, 4.69) is 26.0 Å². The van der Waals surface area contributed by atoms with E-state index in [1.807, 2.05) is 17.8 Å². The topological polar surface area (TPSA) is 26.0 Å². The number of nitrogens with two attached hydrogens (primary N) is 1. The van der Waals surface area contributed by atoms with E-state index in [0.717, 1.165) is 11.4 Å². The Kier molecular flexibility index (Phi) is 4.16. The quantitative estimate of drug-likeness (QED) is 0.589. The molecule has 0 unspecified atom stereocenters. The lowest BCUT2D eigenvalue weighted by atomic mass is 10.1. The summed E-state index contributed by atoms with van der Waals surface area (Å²) in [7, 11) is 0. The van der Waals surface area contributed by atoms with Crippen molar-refractivity contribution in [2.75, 3.05) is 11.5 Å². The Morgan fingerprint density at radius 1 is 1.31 bits per heavy atom. The van der Waals surface area contributed by atoms with Gasteiger partial charge in [0.15, 0.2) is 0 Å². The van der Waals surface area contributed by atoms with Crippen molar-refractivity contribution in [3.63, 3.8) is 0 Å². The third-order valence-electron chi connectivity index (χ3n) is 1.78. The monoisotopic (exact) mass is 195 g/mol. The van der Waals surface area contributed by atoms with E-state index in [1.54, 1.807) is 0 Å². The molecule has 0 heterocycles. The summed E-state index contributed by atoms with van der Waals surface area (Å²) in [6, 6.07) is 6.28. The summed E-state index contributed by atoms with van der Waals surface area (Å²) in [6.07, 6.45) is 1.24. The third kappa shape index (κ3) is 3.73. The fourth-order valence-corrected chi connectivity index (χ4v) is 2.15. The van der Waals surface area contributed by atoms with Crippen LogP contribution in [-0.2, 0) is 5.75 Å². The molecule has 1 nitrogen and oxygen atoms in total. The van der Waals surface area contributed by atoms with Crippen LogP contribution >= 0.6 is 11.8 Å². The van der Waals surface area contributed by atoms with E-state index in [1.165, 1.54) is 23.3 Å². The van der Waals surface area contributed by atoms with E-state index in [4.69, 9.17) is 5.73 Å². The van der Waals surface area contributed by atoms with E-state index < -0.39 is 0 Å². The molecule has 0 atom stereocenters. The number of benzene rings is 1.